The van der Waals surface area contributed by atoms with E-state index in [-0.39, 0.29) is 0 Å². The average Bonchev–Trinajstić information content (AvgIpc) is 2.66. The minimum Gasteiger partial charge on any atom is -0.490 e. The molecule has 0 bridgehead atoms. The Morgan fingerprint density at radius 2 is 2.00 bits per heavy atom. The molecule has 20 heavy (non-hydrogen) atoms. The van der Waals surface area contributed by atoms with Crippen molar-refractivity contribution in [2.24, 2.45) is 0 Å². The van der Waals surface area contributed by atoms with Gasteiger partial charge in [-0.1, -0.05) is 6.92 Å². The van der Waals surface area contributed by atoms with Crippen molar-refractivity contribution in [1.29, 1.82) is 0 Å². The quantitative estimate of drug-likeness (QED) is 0.811. The number of benzene rings is 1. The number of imidazole rings is 1. The van der Waals surface area contributed by atoms with Crippen molar-refractivity contribution in [2.45, 2.75) is 19.8 Å². The molecule has 0 spiro atoms. The van der Waals surface area contributed by atoms with Crippen LogP contribution in [0.2, 0.25) is 0 Å². The van der Waals surface area contributed by atoms with Gasteiger partial charge in [-0.2, -0.15) is 0 Å². The molecule has 0 atom stereocenters. The smallest absolute Gasteiger partial charge is 0.161 e. The zero-order chi connectivity index (χ0) is 14.1. The molecule has 1 aromatic heterocycles. The zero-order valence-corrected chi connectivity index (χ0v) is 11.4. The Kier molecular flexibility index (Phi) is 3.14. The molecule has 4 N–H and O–H groups in total. The maximum absolute atomic E-state index is 6.02. The van der Waals surface area contributed by atoms with Crippen LogP contribution < -0.4 is 21.1 Å². The van der Waals surface area contributed by atoms with E-state index in [4.69, 9.17) is 21.1 Å². The molecule has 106 valence electrons. The zero-order valence-electron chi connectivity index (χ0n) is 11.4. The van der Waals surface area contributed by atoms with Crippen molar-refractivity contribution in [1.82, 2.24) is 9.66 Å². The van der Waals surface area contributed by atoms with E-state index >= 15 is 0 Å². The molecular formula is C14H18N4O2. The highest BCUT2D eigenvalue weighted by Gasteiger charge is 2.17. The van der Waals surface area contributed by atoms with Crippen molar-refractivity contribution in [2.75, 3.05) is 24.8 Å². The monoisotopic (exact) mass is 274 g/mol. The summed E-state index contributed by atoms with van der Waals surface area (Å²) in [6.07, 6.45) is 1.61. The molecule has 0 fully saturated rings. The van der Waals surface area contributed by atoms with Crippen molar-refractivity contribution in [3.8, 4) is 22.8 Å². The Balaban J connectivity index is 2.04. The third-order valence-electron chi connectivity index (χ3n) is 3.36. The predicted octanol–water partition coefficient (Wildman–Crippen LogP) is 1.57. The summed E-state index contributed by atoms with van der Waals surface area (Å²) in [5, 5.41) is 0. The Hall–Kier alpha value is -2.37. The van der Waals surface area contributed by atoms with Crippen LogP contribution in [0.5, 0.6) is 11.5 Å². The number of hydrogen-bond acceptors (Lipinski definition) is 5. The largest absolute Gasteiger partial charge is 0.490 e. The molecule has 6 heteroatoms. The summed E-state index contributed by atoms with van der Waals surface area (Å²) in [6, 6.07) is 5.71. The third-order valence-corrected chi connectivity index (χ3v) is 3.36. The third kappa shape index (κ3) is 2.03. The number of anilines is 1. The van der Waals surface area contributed by atoms with Gasteiger partial charge in [-0.3, -0.25) is 0 Å². The fraction of sp³-hybridized carbons (Fsp3) is 0.357. The SMILES string of the molecule is CCc1nc(-c2ccc3c(c2)OCCCO3)c(N)n1N. The number of fused-ring (bicyclic) bond motifs is 1. The molecule has 0 aliphatic carbocycles. The van der Waals surface area contributed by atoms with E-state index in [1.807, 2.05) is 25.1 Å². The van der Waals surface area contributed by atoms with Crippen LogP contribution in [0, 0.1) is 0 Å². The van der Waals surface area contributed by atoms with Gasteiger partial charge in [0, 0.05) is 18.4 Å². The van der Waals surface area contributed by atoms with Crippen LogP contribution in [0.3, 0.4) is 0 Å². The van der Waals surface area contributed by atoms with Gasteiger partial charge in [-0.05, 0) is 18.2 Å². The summed E-state index contributed by atoms with van der Waals surface area (Å²) in [5.41, 5.74) is 7.58. The van der Waals surface area contributed by atoms with Crippen molar-refractivity contribution >= 4 is 5.82 Å². The van der Waals surface area contributed by atoms with Gasteiger partial charge in [0.25, 0.3) is 0 Å². The van der Waals surface area contributed by atoms with Crippen molar-refractivity contribution < 1.29 is 9.47 Å². The van der Waals surface area contributed by atoms with Gasteiger partial charge in [0.2, 0.25) is 0 Å². The van der Waals surface area contributed by atoms with Gasteiger partial charge in [0.15, 0.2) is 17.3 Å². The number of ether oxygens (including phenoxy) is 2. The number of hydrogen-bond donors (Lipinski definition) is 2. The molecule has 2 aromatic rings. The van der Waals surface area contributed by atoms with E-state index in [0.717, 1.165) is 35.7 Å². The average molecular weight is 274 g/mol. The summed E-state index contributed by atoms with van der Waals surface area (Å²) in [4.78, 5) is 4.49. The first-order valence-electron chi connectivity index (χ1n) is 6.73. The van der Waals surface area contributed by atoms with Crippen LogP contribution in [0.4, 0.5) is 5.82 Å². The van der Waals surface area contributed by atoms with E-state index in [1.54, 1.807) is 0 Å². The van der Waals surface area contributed by atoms with E-state index in [1.165, 1.54) is 4.68 Å². The van der Waals surface area contributed by atoms with Crippen LogP contribution >= 0.6 is 0 Å². The maximum Gasteiger partial charge on any atom is 0.161 e. The Morgan fingerprint density at radius 3 is 2.70 bits per heavy atom. The lowest BCUT2D eigenvalue weighted by Crippen LogP contribution is -2.14. The number of rotatable bonds is 2. The summed E-state index contributed by atoms with van der Waals surface area (Å²) in [6.45, 7) is 3.31. The molecule has 1 aliphatic rings. The molecule has 2 heterocycles. The molecular weight excluding hydrogens is 256 g/mol. The van der Waals surface area contributed by atoms with Gasteiger partial charge >= 0.3 is 0 Å². The van der Waals surface area contributed by atoms with Gasteiger partial charge in [-0.25, -0.2) is 9.66 Å². The molecule has 1 aromatic carbocycles. The van der Waals surface area contributed by atoms with Gasteiger partial charge in [0.1, 0.15) is 11.5 Å². The van der Waals surface area contributed by atoms with Crippen LogP contribution in [-0.4, -0.2) is 22.9 Å². The van der Waals surface area contributed by atoms with Gasteiger partial charge in [0.05, 0.1) is 13.2 Å². The second-order valence-corrected chi connectivity index (χ2v) is 4.70. The maximum atomic E-state index is 6.02. The van der Waals surface area contributed by atoms with Crippen LogP contribution in [0.15, 0.2) is 18.2 Å². The summed E-state index contributed by atoms with van der Waals surface area (Å²) in [7, 11) is 0. The number of aromatic nitrogens is 2. The Labute approximate surface area is 117 Å². The Bertz CT molecular complexity index is 636. The fourth-order valence-electron chi connectivity index (χ4n) is 2.27. The summed E-state index contributed by atoms with van der Waals surface area (Å²) < 4.78 is 12.7. The molecule has 0 unspecified atom stereocenters. The van der Waals surface area contributed by atoms with Crippen LogP contribution in [0.25, 0.3) is 11.3 Å². The molecule has 0 radical (unpaired) electrons. The fourth-order valence-corrected chi connectivity index (χ4v) is 2.27. The number of aryl methyl sites for hydroxylation is 1. The molecule has 0 amide bonds. The second-order valence-electron chi connectivity index (χ2n) is 4.70. The summed E-state index contributed by atoms with van der Waals surface area (Å²) in [5.74, 6) is 8.58. The Morgan fingerprint density at radius 1 is 1.25 bits per heavy atom. The molecule has 0 saturated heterocycles. The molecule has 3 rings (SSSR count). The van der Waals surface area contributed by atoms with E-state index < -0.39 is 0 Å². The molecule has 6 nitrogen and oxygen atoms in total. The lowest BCUT2D eigenvalue weighted by atomic mass is 10.1. The normalized spacial score (nSPS) is 14.1. The van der Waals surface area contributed by atoms with Gasteiger partial charge in [-0.15, -0.1) is 0 Å². The predicted molar refractivity (Wildman–Crippen MR) is 77.2 cm³/mol. The van der Waals surface area contributed by atoms with Crippen molar-refractivity contribution in [3.63, 3.8) is 0 Å². The van der Waals surface area contributed by atoms with Gasteiger partial charge < -0.3 is 21.1 Å². The highest BCUT2D eigenvalue weighted by Crippen LogP contribution is 2.35. The lowest BCUT2D eigenvalue weighted by Gasteiger charge is -2.08. The first kappa shape index (κ1) is 12.7. The first-order chi connectivity index (χ1) is 9.70. The van der Waals surface area contributed by atoms with Crippen molar-refractivity contribution in [3.05, 3.63) is 24.0 Å². The first-order valence-corrected chi connectivity index (χ1v) is 6.73. The molecule has 1 aliphatic heterocycles. The standard InChI is InChI=1S/C14H18N4O2/c1-2-12-17-13(14(15)18(12)16)9-4-5-10-11(8-9)20-7-3-6-19-10/h4-5,8H,2-3,6-7,15-16H2,1H3. The highest BCUT2D eigenvalue weighted by molar-refractivity contribution is 5.73. The van der Waals surface area contributed by atoms with E-state index in [0.29, 0.717) is 24.7 Å². The number of nitrogens with zero attached hydrogens (tertiary/aromatic N) is 2. The minimum absolute atomic E-state index is 0.455. The number of nitrogens with two attached hydrogens (primary N) is 2. The van der Waals surface area contributed by atoms with Crippen LogP contribution in [0.1, 0.15) is 19.2 Å². The second kappa shape index (κ2) is 4.96. The van der Waals surface area contributed by atoms with E-state index in [9.17, 15) is 0 Å². The minimum atomic E-state index is 0.455. The van der Waals surface area contributed by atoms with E-state index in [2.05, 4.69) is 4.98 Å². The van der Waals surface area contributed by atoms with Crippen LogP contribution in [-0.2, 0) is 6.42 Å². The topological polar surface area (TPSA) is 88.3 Å². The lowest BCUT2D eigenvalue weighted by molar-refractivity contribution is 0.297. The number of nitrogen functional groups attached to an aromatic ring is 2. The highest BCUT2D eigenvalue weighted by atomic mass is 16.5. The molecule has 0 saturated carbocycles. The summed E-state index contributed by atoms with van der Waals surface area (Å²) >= 11 is 0.